The van der Waals surface area contributed by atoms with Crippen LogP contribution in [0.1, 0.15) is 110 Å². The summed E-state index contributed by atoms with van der Waals surface area (Å²) in [5.41, 5.74) is -1.22. The van der Waals surface area contributed by atoms with Gasteiger partial charge in [-0.15, -0.1) is 12.3 Å². The van der Waals surface area contributed by atoms with Gasteiger partial charge in [0.05, 0.1) is 59.5 Å². The molecule has 0 aliphatic rings. The van der Waals surface area contributed by atoms with Gasteiger partial charge < -0.3 is 39.1 Å². The zero-order chi connectivity index (χ0) is 43.8. The van der Waals surface area contributed by atoms with E-state index in [-0.39, 0.29) is 71.0 Å². The van der Waals surface area contributed by atoms with Crippen molar-refractivity contribution in [3.8, 4) is 29.6 Å². The maximum absolute atomic E-state index is 12.5. The first-order valence-corrected chi connectivity index (χ1v) is 19.8. The molecule has 2 N–H and O–H groups in total. The predicted molar refractivity (Wildman–Crippen MR) is 220 cm³/mol. The normalized spacial score (nSPS) is 11.9. The van der Waals surface area contributed by atoms with Crippen molar-refractivity contribution in [2.45, 2.75) is 116 Å². The second-order valence-corrected chi connectivity index (χ2v) is 15.0. The highest BCUT2D eigenvalue weighted by molar-refractivity contribution is 5.80. The van der Waals surface area contributed by atoms with E-state index in [1.807, 2.05) is 13.8 Å². The number of hydrogen-bond donors (Lipinski definition) is 2. The predicted octanol–water partition coefficient (Wildman–Crippen LogP) is 7.57. The zero-order valence-electron chi connectivity index (χ0n) is 35.1. The molecule has 0 spiro atoms. The average molecular weight is 829 g/mol. The molecule has 0 bridgehead atoms. The Morgan fingerprint density at radius 1 is 0.831 bits per heavy atom. The molecular weight excluding hydrogens is 768 g/mol. The number of methoxy groups -OCH3 is 1. The van der Waals surface area contributed by atoms with Crippen molar-refractivity contribution in [1.82, 2.24) is 10.6 Å². The summed E-state index contributed by atoms with van der Waals surface area (Å²) < 4.78 is 33.7. The fourth-order valence-corrected chi connectivity index (χ4v) is 5.69. The topological polar surface area (TPSA) is 217 Å². The lowest BCUT2D eigenvalue weighted by Crippen LogP contribution is -2.32. The maximum atomic E-state index is 12.5. The smallest absolute Gasteiger partial charge is 0.493 e. The number of hydrogen-bond acceptors (Lipinski definition) is 14. The summed E-state index contributed by atoms with van der Waals surface area (Å²) in [7, 11) is 1.35. The number of nitro groups is 2. The Labute approximate surface area is 346 Å². The first-order valence-electron chi connectivity index (χ1n) is 19.8. The number of nitrogens with zero attached hydrogens (tertiary/aromatic N) is 2. The summed E-state index contributed by atoms with van der Waals surface area (Å²) in [6.45, 7) is 12.1. The Kier molecular flexibility index (Phi) is 21.9. The number of ketones is 1. The highest BCUT2D eigenvalue weighted by atomic mass is 16.7. The van der Waals surface area contributed by atoms with Crippen molar-refractivity contribution in [2.24, 2.45) is 0 Å². The van der Waals surface area contributed by atoms with Gasteiger partial charge in [0.2, 0.25) is 5.91 Å². The Hall–Kier alpha value is -5.31. The molecule has 59 heavy (non-hydrogen) atoms. The third-order valence-corrected chi connectivity index (χ3v) is 9.11. The summed E-state index contributed by atoms with van der Waals surface area (Å²) in [5, 5.41) is 28.7. The molecule has 0 aliphatic heterocycles. The molecule has 1 amide bonds. The Morgan fingerprint density at radius 2 is 1.53 bits per heavy atom. The monoisotopic (exact) mass is 828 g/mol. The highest BCUT2D eigenvalue weighted by Gasteiger charge is 2.27. The van der Waals surface area contributed by atoms with Crippen molar-refractivity contribution in [3.63, 3.8) is 0 Å². The molecule has 1 unspecified atom stereocenters. The van der Waals surface area contributed by atoms with Gasteiger partial charge in [-0.3, -0.25) is 29.8 Å². The van der Waals surface area contributed by atoms with Crippen LogP contribution in [-0.2, 0) is 23.8 Å². The molecule has 2 rings (SSSR count). The lowest BCUT2D eigenvalue weighted by molar-refractivity contribution is -0.386. The van der Waals surface area contributed by atoms with Crippen LogP contribution in [0, 0.1) is 32.6 Å². The summed E-state index contributed by atoms with van der Waals surface area (Å²) in [6.07, 6.45) is 9.61. The van der Waals surface area contributed by atoms with Gasteiger partial charge in [-0.1, -0.05) is 12.8 Å². The van der Waals surface area contributed by atoms with Crippen LogP contribution in [0.15, 0.2) is 36.4 Å². The van der Waals surface area contributed by atoms with Crippen LogP contribution in [0.2, 0.25) is 0 Å². The molecule has 17 nitrogen and oxygen atoms in total. The molecular formula is C42H60N4O13. The Bertz CT molecular complexity index is 1710. The van der Waals surface area contributed by atoms with Crippen molar-refractivity contribution in [3.05, 3.63) is 62.2 Å². The summed E-state index contributed by atoms with van der Waals surface area (Å²) in [4.78, 5) is 58.1. The van der Waals surface area contributed by atoms with Gasteiger partial charge >= 0.3 is 6.16 Å². The minimum absolute atomic E-state index is 0.0137. The van der Waals surface area contributed by atoms with Crippen LogP contribution in [0.5, 0.6) is 17.2 Å². The number of ether oxygens (including phenoxy) is 6. The highest BCUT2D eigenvalue weighted by Crippen LogP contribution is 2.39. The fourth-order valence-electron chi connectivity index (χ4n) is 5.69. The molecule has 0 heterocycles. The Morgan fingerprint density at radius 3 is 2.19 bits per heavy atom. The zero-order valence-corrected chi connectivity index (χ0v) is 35.1. The van der Waals surface area contributed by atoms with E-state index in [1.54, 1.807) is 0 Å². The number of carbonyl (C=O) groups excluding carboxylic acids is 3. The number of amides is 1. The number of nitrogens with one attached hydrogen (secondary N) is 2. The fraction of sp³-hybridized carbons (Fsp3) is 0.595. The van der Waals surface area contributed by atoms with Gasteiger partial charge in [0, 0.05) is 44.5 Å². The van der Waals surface area contributed by atoms with Crippen molar-refractivity contribution >= 4 is 29.2 Å². The lowest BCUT2D eigenvalue weighted by atomic mass is 9.99. The minimum atomic E-state index is -1.18. The quantitative estimate of drug-likeness (QED) is 0.0194. The summed E-state index contributed by atoms with van der Waals surface area (Å²) >= 11 is 0. The molecule has 0 saturated heterocycles. The first-order chi connectivity index (χ1) is 28.0. The second-order valence-electron chi connectivity index (χ2n) is 15.0. The summed E-state index contributed by atoms with van der Waals surface area (Å²) in [5.74, 6) is 2.74. The number of terminal acetylenes is 1. The average Bonchev–Trinajstić information content (AvgIpc) is 3.17. The number of Topliss-reactive ketones (excluding diaryl/α,β-unsaturated/α-hetero) is 1. The lowest BCUT2D eigenvalue weighted by Gasteiger charge is -2.30. The number of unbranched alkanes of at least 4 members (excludes halogenated alkanes) is 2. The SMILES string of the molecule is C#CCCNC(=O)CCCCCC(C)(C)OCCC(C)(C)OCCCNCC(=O)CCCOc1cc([N+](=O)[O-])c(C(C)OC(=O)Oc2ccc([N+](=O)[O-])cc2)cc1OC. The second kappa shape index (κ2) is 25.9. The van der Waals surface area contributed by atoms with Crippen LogP contribution in [0.25, 0.3) is 0 Å². The van der Waals surface area contributed by atoms with E-state index in [0.29, 0.717) is 52.0 Å². The first kappa shape index (κ1) is 49.8. The van der Waals surface area contributed by atoms with E-state index in [4.69, 9.17) is 34.8 Å². The van der Waals surface area contributed by atoms with Crippen molar-refractivity contribution in [2.75, 3.05) is 46.6 Å². The van der Waals surface area contributed by atoms with E-state index in [2.05, 4.69) is 30.4 Å². The van der Waals surface area contributed by atoms with E-state index >= 15 is 0 Å². The van der Waals surface area contributed by atoms with Crippen LogP contribution >= 0.6 is 0 Å². The number of carbonyl (C=O) groups is 3. The standard InChI is InChI=1S/C42H60N4O13/c1-8-9-24-44-39(48)16-11-10-12-21-41(3,4)57-27-22-42(5,6)56-26-14-23-43-30-33(47)15-13-25-55-38-29-36(46(52)53)35(28-37(38)54-7)31(2)58-40(49)59-34-19-17-32(18-20-34)45(50)51/h1,17-20,28-29,31,43H,9-16,21-27,30H2,2-7H3,(H,44,48). The third-order valence-electron chi connectivity index (χ3n) is 9.11. The van der Waals surface area contributed by atoms with Gasteiger partial charge in [0.25, 0.3) is 11.4 Å². The van der Waals surface area contributed by atoms with E-state index in [1.165, 1.54) is 32.2 Å². The molecule has 2 aromatic carbocycles. The third kappa shape index (κ3) is 20.3. The van der Waals surface area contributed by atoms with Crippen molar-refractivity contribution < 1.29 is 52.7 Å². The van der Waals surface area contributed by atoms with Gasteiger partial charge in [0.15, 0.2) is 11.5 Å². The van der Waals surface area contributed by atoms with E-state index in [0.717, 1.165) is 50.3 Å². The van der Waals surface area contributed by atoms with Crippen LogP contribution in [0.3, 0.4) is 0 Å². The van der Waals surface area contributed by atoms with Gasteiger partial charge in [-0.2, -0.15) is 0 Å². The molecule has 1 atom stereocenters. The van der Waals surface area contributed by atoms with Crippen LogP contribution in [0.4, 0.5) is 16.2 Å². The minimum Gasteiger partial charge on any atom is -0.493 e. The van der Waals surface area contributed by atoms with Crippen molar-refractivity contribution in [1.29, 1.82) is 0 Å². The van der Waals surface area contributed by atoms with Crippen LogP contribution in [-0.4, -0.2) is 85.5 Å². The molecule has 0 aliphatic carbocycles. The maximum Gasteiger partial charge on any atom is 0.514 e. The summed E-state index contributed by atoms with van der Waals surface area (Å²) in [6, 6.07) is 7.22. The number of non-ortho nitro benzene ring substituents is 1. The van der Waals surface area contributed by atoms with E-state index < -0.39 is 27.8 Å². The largest absolute Gasteiger partial charge is 0.514 e. The van der Waals surface area contributed by atoms with E-state index in [9.17, 15) is 34.6 Å². The number of rotatable bonds is 30. The molecule has 0 radical (unpaired) electrons. The van der Waals surface area contributed by atoms with Gasteiger partial charge in [0.1, 0.15) is 17.6 Å². The van der Waals surface area contributed by atoms with Gasteiger partial charge in [-0.05, 0) is 91.5 Å². The molecule has 2 aromatic rings. The van der Waals surface area contributed by atoms with Crippen LogP contribution < -0.4 is 24.8 Å². The molecule has 0 fully saturated rings. The molecule has 17 heteroatoms. The Balaban J connectivity index is 1.66. The number of benzene rings is 2. The van der Waals surface area contributed by atoms with Gasteiger partial charge in [-0.25, -0.2) is 4.79 Å². The molecule has 326 valence electrons. The molecule has 0 aromatic heterocycles. The molecule has 0 saturated carbocycles. The number of nitro benzene ring substituents is 2.